The molecule has 1 atom stereocenters. The van der Waals surface area contributed by atoms with Gasteiger partial charge in [0.15, 0.2) is 16.6 Å². The number of ketones is 1. The van der Waals surface area contributed by atoms with Gasteiger partial charge in [0.25, 0.3) is 5.78 Å². The van der Waals surface area contributed by atoms with Crippen molar-refractivity contribution in [2.75, 3.05) is 25.7 Å². The first-order valence-electron chi connectivity index (χ1n) is 11.7. The van der Waals surface area contributed by atoms with Crippen LogP contribution in [0, 0.1) is 5.82 Å². The third-order valence-electron chi connectivity index (χ3n) is 6.15. The minimum absolute atomic E-state index is 0.150. The van der Waals surface area contributed by atoms with Crippen molar-refractivity contribution in [1.29, 1.82) is 0 Å². The first kappa shape index (κ1) is 25.2. The number of nitrogens with zero attached hydrogens (tertiary/aromatic N) is 2. The Labute approximate surface area is 221 Å². The van der Waals surface area contributed by atoms with Crippen molar-refractivity contribution in [3.8, 4) is 17.2 Å². The number of aliphatic hydroxyl groups excluding tert-OH is 1. The van der Waals surface area contributed by atoms with E-state index in [1.54, 1.807) is 30.3 Å². The Morgan fingerprint density at radius 1 is 1.03 bits per heavy atom. The standard InChI is InChI=1S/C28H23FN2O6S/c1-4-37-18-10-11-19-22(14-18)38-28(30-19)31-24(16-7-12-20(35-2)21(13-16)36-3)23(26(33)27(31)34)25(32)15-5-8-17(29)9-6-15/h5-14,24,32H,4H2,1-3H3/b25-23+/t24-/m0/s1. The Bertz CT molecular complexity index is 1580. The summed E-state index contributed by atoms with van der Waals surface area (Å²) in [7, 11) is 2.97. The number of methoxy groups -OCH3 is 2. The molecule has 8 nitrogen and oxygen atoms in total. The normalized spacial score (nSPS) is 16.7. The molecular formula is C28H23FN2O6S. The van der Waals surface area contributed by atoms with Crippen LogP contribution in [0.3, 0.4) is 0 Å². The minimum atomic E-state index is -1.04. The Balaban J connectivity index is 1.71. The molecule has 38 heavy (non-hydrogen) atoms. The molecular weight excluding hydrogens is 511 g/mol. The highest BCUT2D eigenvalue weighted by molar-refractivity contribution is 7.22. The zero-order valence-corrected chi connectivity index (χ0v) is 21.5. The number of aliphatic hydroxyl groups is 1. The lowest BCUT2D eigenvalue weighted by molar-refractivity contribution is -0.132. The van der Waals surface area contributed by atoms with Gasteiger partial charge in [-0.2, -0.15) is 0 Å². The molecule has 194 valence electrons. The fraction of sp³-hybridized carbons (Fsp3) is 0.179. The van der Waals surface area contributed by atoms with Gasteiger partial charge in [0.2, 0.25) is 0 Å². The lowest BCUT2D eigenvalue weighted by atomic mass is 9.95. The Morgan fingerprint density at radius 2 is 1.76 bits per heavy atom. The summed E-state index contributed by atoms with van der Waals surface area (Å²) < 4.78 is 30.7. The molecule has 0 aliphatic carbocycles. The van der Waals surface area contributed by atoms with Gasteiger partial charge in [-0.05, 0) is 67.1 Å². The molecule has 0 bridgehead atoms. The molecule has 1 aromatic heterocycles. The second kappa shape index (κ2) is 10.1. The molecule has 2 heterocycles. The Morgan fingerprint density at radius 3 is 2.45 bits per heavy atom. The molecule has 0 radical (unpaired) electrons. The average Bonchev–Trinajstić information content (AvgIpc) is 3.46. The lowest BCUT2D eigenvalue weighted by Gasteiger charge is -2.23. The van der Waals surface area contributed by atoms with E-state index in [-0.39, 0.29) is 16.3 Å². The van der Waals surface area contributed by atoms with Crippen molar-refractivity contribution in [2.45, 2.75) is 13.0 Å². The van der Waals surface area contributed by atoms with E-state index >= 15 is 0 Å². The van der Waals surface area contributed by atoms with Gasteiger partial charge in [0.05, 0.1) is 42.7 Å². The summed E-state index contributed by atoms with van der Waals surface area (Å²) in [6.45, 7) is 2.38. The van der Waals surface area contributed by atoms with Crippen molar-refractivity contribution in [1.82, 2.24) is 4.98 Å². The van der Waals surface area contributed by atoms with Crippen molar-refractivity contribution < 1.29 is 33.3 Å². The Kier molecular flexibility index (Phi) is 6.73. The monoisotopic (exact) mass is 534 g/mol. The number of hydrogen-bond donors (Lipinski definition) is 1. The SMILES string of the molecule is CCOc1ccc2nc(N3C(=O)C(=O)/C(=C(/O)c4ccc(F)cc4)[C@@H]3c3ccc(OC)c(OC)c3)sc2c1. The summed E-state index contributed by atoms with van der Waals surface area (Å²) in [5.41, 5.74) is 1.16. The third kappa shape index (κ3) is 4.32. The van der Waals surface area contributed by atoms with Gasteiger partial charge >= 0.3 is 5.91 Å². The fourth-order valence-corrected chi connectivity index (χ4v) is 5.40. The predicted molar refractivity (Wildman–Crippen MR) is 142 cm³/mol. The molecule has 1 N–H and O–H groups in total. The van der Waals surface area contributed by atoms with Gasteiger partial charge in [0.1, 0.15) is 17.3 Å². The molecule has 3 aromatic carbocycles. The number of rotatable bonds is 7. The molecule has 1 amide bonds. The average molecular weight is 535 g/mol. The first-order valence-corrected chi connectivity index (χ1v) is 12.5. The van der Waals surface area contributed by atoms with Crippen LogP contribution >= 0.6 is 11.3 Å². The van der Waals surface area contributed by atoms with E-state index in [9.17, 15) is 19.1 Å². The first-order chi connectivity index (χ1) is 18.4. The lowest BCUT2D eigenvalue weighted by Crippen LogP contribution is -2.29. The van der Waals surface area contributed by atoms with Gasteiger partial charge < -0.3 is 19.3 Å². The molecule has 0 spiro atoms. The van der Waals surface area contributed by atoms with Crippen molar-refractivity contribution in [2.24, 2.45) is 0 Å². The number of ether oxygens (including phenoxy) is 3. The topological polar surface area (TPSA) is 98.2 Å². The summed E-state index contributed by atoms with van der Waals surface area (Å²) in [6, 6.07) is 14.3. The van der Waals surface area contributed by atoms with Crippen LogP contribution in [0.5, 0.6) is 17.2 Å². The number of thiazole rings is 1. The molecule has 0 saturated carbocycles. The van der Waals surface area contributed by atoms with Gasteiger partial charge in [-0.15, -0.1) is 0 Å². The second-order valence-electron chi connectivity index (χ2n) is 8.35. The predicted octanol–water partition coefficient (Wildman–Crippen LogP) is 5.48. The van der Waals surface area contributed by atoms with Crippen molar-refractivity contribution in [3.63, 3.8) is 0 Å². The van der Waals surface area contributed by atoms with Crippen LogP contribution in [-0.2, 0) is 9.59 Å². The zero-order chi connectivity index (χ0) is 27.0. The van der Waals surface area contributed by atoms with E-state index in [0.717, 1.165) is 4.70 Å². The highest BCUT2D eigenvalue weighted by Crippen LogP contribution is 2.46. The molecule has 0 unspecified atom stereocenters. The number of aromatic nitrogens is 1. The summed E-state index contributed by atoms with van der Waals surface area (Å²) in [5.74, 6) is -1.17. The van der Waals surface area contributed by atoms with Crippen LogP contribution in [0.25, 0.3) is 16.0 Å². The molecule has 1 aliphatic rings. The van der Waals surface area contributed by atoms with Gasteiger partial charge in [0, 0.05) is 5.56 Å². The molecule has 1 saturated heterocycles. The molecule has 1 fully saturated rings. The number of Topliss-reactive ketones (excluding diaryl/α,β-unsaturated/α-hetero) is 1. The number of halogens is 1. The maximum absolute atomic E-state index is 13.6. The minimum Gasteiger partial charge on any atom is -0.507 e. The van der Waals surface area contributed by atoms with Crippen molar-refractivity contribution >= 4 is 44.1 Å². The van der Waals surface area contributed by atoms with E-state index in [4.69, 9.17) is 14.2 Å². The van der Waals surface area contributed by atoms with Crippen LogP contribution in [0.2, 0.25) is 0 Å². The number of hydrogen-bond acceptors (Lipinski definition) is 8. The molecule has 5 rings (SSSR count). The van der Waals surface area contributed by atoms with E-state index in [1.165, 1.54) is 54.7 Å². The largest absolute Gasteiger partial charge is 0.507 e. The highest BCUT2D eigenvalue weighted by atomic mass is 32.1. The second-order valence-corrected chi connectivity index (χ2v) is 9.36. The summed E-state index contributed by atoms with van der Waals surface area (Å²) in [4.78, 5) is 32.8. The summed E-state index contributed by atoms with van der Waals surface area (Å²) in [6.07, 6.45) is 0. The maximum Gasteiger partial charge on any atom is 0.301 e. The highest BCUT2D eigenvalue weighted by Gasteiger charge is 2.48. The smallest absolute Gasteiger partial charge is 0.301 e. The number of carbonyl (C=O) groups excluding carboxylic acids is 2. The number of benzene rings is 3. The van der Waals surface area contributed by atoms with Crippen LogP contribution < -0.4 is 19.1 Å². The zero-order valence-electron chi connectivity index (χ0n) is 20.7. The van der Waals surface area contributed by atoms with Gasteiger partial charge in [-0.3, -0.25) is 14.5 Å². The van der Waals surface area contributed by atoms with Crippen molar-refractivity contribution in [3.05, 3.63) is 83.2 Å². The third-order valence-corrected chi connectivity index (χ3v) is 7.17. The van der Waals surface area contributed by atoms with E-state index in [0.29, 0.717) is 34.9 Å². The van der Waals surface area contributed by atoms with Gasteiger partial charge in [-0.25, -0.2) is 9.37 Å². The fourth-order valence-electron chi connectivity index (χ4n) is 4.38. The molecule has 4 aromatic rings. The van der Waals surface area contributed by atoms with E-state index in [1.807, 2.05) is 13.0 Å². The van der Waals surface area contributed by atoms with Crippen LogP contribution in [0.1, 0.15) is 24.1 Å². The van der Waals surface area contributed by atoms with E-state index in [2.05, 4.69) is 4.98 Å². The molecule has 1 aliphatic heterocycles. The van der Waals surface area contributed by atoms with Crippen LogP contribution in [0.15, 0.2) is 66.2 Å². The number of amides is 1. The van der Waals surface area contributed by atoms with Crippen LogP contribution in [-0.4, -0.2) is 42.6 Å². The van der Waals surface area contributed by atoms with Gasteiger partial charge in [-0.1, -0.05) is 17.4 Å². The molecule has 10 heteroatoms. The number of anilines is 1. The maximum atomic E-state index is 13.6. The quantitative estimate of drug-likeness (QED) is 0.191. The Hall–Kier alpha value is -4.44. The summed E-state index contributed by atoms with van der Waals surface area (Å²) >= 11 is 1.22. The van der Waals surface area contributed by atoms with Crippen LogP contribution in [0.4, 0.5) is 9.52 Å². The van der Waals surface area contributed by atoms with E-state index < -0.39 is 29.3 Å². The number of carbonyl (C=O) groups is 2. The number of fused-ring (bicyclic) bond motifs is 1. The summed E-state index contributed by atoms with van der Waals surface area (Å²) in [5, 5.41) is 11.5.